The third-order valence-corrected chi connectivity index (χ3v) is 4.39. The predicted molar refractivity (Wildman–Crippen MR) is 75.0 cm³/mol. The van der Waals surface area contributed by atoms with Gasteiger partial charge in [0, 0.05) is 23.3 Å². The van der Waals surface area contributed by atoms with Crippen LogP contribution in [-0.2, 0) is 0 Å². The van der Waals surface area contributed by atoms with Gasteiger partial charge in [-0.25, -0.2) is 0 Å². The van der Waals surface area contributed by atoms with Gasteiger partial charge in [0.25, 0.3) is 5.91 Å². The van der Waals surface area contributed by atoms with E-state index in [1.54, 1.807) is 12.3 Å². The van der Waals surface area contributed by atoms with Crippen molar-refractivity contribution in [2.75, 3.05) is 7.05 Å². The highest BCUT2D eigenvalue weighted by Crippen LogP contribution is 2.36. The molecular weight excluding hydrogens is 240 g/mol. The van der Waals surface area contributed by atoms with Crippen molar-refractivity contribution in [1.82, 2.24) is 20.4 Å². The van der Waals surface area contributed by atoms with Gasteiger partial charge in [-0.15, -0.1) is 0 Å². The summed E-state index contributed by atoms with van der Waals surface area (Å²) in [7, 11) is 2.16. The van der Waals surface area contributed by atoms with E-state index >= 15 is 0 Å². The van der Waals surface area contributed by atoms with Crippen LogP contribution < -0.4 is 5.32 Å². The first-order chi connectivity index (χ1) is 8.72. The fourth-order valence-corrected chi connectivity index (χ4v) is 3.12. The summed E-state index contributed by atoms with van der Waals surface area (Å²) in [6.07, 6.45) is 3.50. The zero-order chi connectivity index (χ0) is 14.3. The fraction of sp³-hybridized carbons (Fsp3) is 0.714. The Bertz CT molecular complexity index is 432. The minimum atomic E-state index is -0.0707. The number of rotatable bonds is 2. The van der Waals surface area contributed by atoms with E-state index in [1.165, 1.54) is 0 Å². The van der Waals surface area contributed by atoms with Crippen LogP contribution in [0.25, 0.3) is 0 Å². The summed E-state index contributed by atoms with van der Waals surface area (Å²) in [4.78, 5) is 14.5. The van der Waals surface area contributed by atoms with Crippen molar-refractivity contribution in [2.24, 2.45) is 0 Å². The van der Waals surface area contributed by atoms with Gasteiger partial charge in [-0.2, -0.15) is 5.10 Å². The molecule has 1 fully saturated rings. The molecule has 0 aromatic carbocycles. The van der Waals surface area contributed by atoms with Crippen LogP contribution >= 0.6 is 0 Å². The van der Waals surface area contributed by atoms with Crippen molar-refractivity contribution >= 4 is 5.91 Å². The minimum absolute atomic E-state index is 0.0707. The smallest absolute Gasteiger partial charge is 0.269 e. The number of likely N-dealkylation sites (tertiary alicyclic amines) is 1. The Kier molecular flexibility index (Phi) is 3.43. The highest BCUT2D eigenvalue weighted by Gasteiger charge is 2.43. The van der Waals surface area contributed by atoms with Crippen LogP contribution in [-0.4, -0.2) is 45.2 Å². The Morgan fingerprint density at radius 1 is 1.37 bits per heavy atom. The van der Waals surface area contributed by atoms with Gasteiger partial charge >= 0.3 is 0 Å². The Hall–Kier alpha value is -1.36. The number of aromatic amines is 1. The van der Waals surface area contributed by atoms with E-state index in [2.05, 4.69) is 55.2 Å². The van der Waals surface area contributed by atoms with Crippen LogP contribution in [0.1, 0.15) is 51.0 Å². The van der Waals surface area contributed by atoms with E-state index in [-0.39, 0.29) is 23.0 Å². The molecule has 1 amide bonds. The van der Waals surface area contributed by atoms with E-state index in [1.807, 2.05) is 0 Å². The normalized spacial score (nSPS) is 23.2. The summed E-state index contributed by atoms with van der Waals surface area (Å²) < 4.78 is 0. The van der Waals surface area contributed by atoms with Crippen molar-refractivity contribution in [2.45, 2.75) is 57.7 Å². The van der Waals surface area contributed by atoms with Crippen molar-refractivity contribution in [3.63, 3.8) is 0 Å². The summed E-state index contributed by atoms with van der Waals surface area (Å²) in [5.74, 6) is -0.0707. The second-order valence-electron chi connectivity index (χ2n) is 6.73. The molecule has 1 aromatic rings. The molecule has 106 valence electrons. The number of carbonyl (C=O) groups excluding carboxylic acids is 1. The predicted octanol–water partition coefficient (Wildman–Crippen LogP) is 1.79. The Morgan fingerprint density at radius 3 is 2.42 bits per heavy atom. The highest BCUT2D eigenvalue weighted by molar-refractivity contribution is 5.92. The first-order valence-corrected chi connectivity index (χ1v) is 6.76. The maximum Gasteiger partial charge on any atom is 0.269 e. The second-order valence-corrected chi connectivity index (χ2v) is 6.73. The number of hydrogen-bond acceptors (Lipinski definition) is 3. The molecule has 0 bridgehead atoms. The van der Waals surface area contributed by atoms with Gasteiger partial charge in [0.2, 0.25) is 0 Å². The van der Waals surface area contributed by atoms with Crippen molar-refractivity contribution in [1.29, 1.82) is 0 Å². The first-order valence-electron chi connectivity index (χ1n) is 6.76. The second kappa shape index (κ2) is 4.63. The van der Waals surface area contributed by atoms with Crippen LogP contribution in [0, 0.1) is 0 Å². The lowest BCUT2D eigenvalue weighted by Gasteiger charge is -2.53. The van der Waals surface area contributed by atoms with Gasteiger partial charge in [-0.05, 0) is 53.7 Å². The van der Waals surface area contributed by atoms with E-state index < -0.39 is 0 Å². The van der Waals surface area contributed by atoms with E-state index in [4.69, 9.17) is 0 Å². The maximum atomic E-state index is 12.1. The average molecular weight is 264 g/mol. The molecule has 0 saturated carbocycles. The summed E-state index contributed by atoms with van der Waals surface area (Å²) in [6.45, 7) is 8.90. The summed E-state index contributed by atoms with van der Waals surface area (Å²) in [6, 6.07) is 1.89. The summed E-state index contributed by atoms with van der Waals surface area (Å²) in [5.41, 5.74) is 0.677. The first kappa shape index (κ1) is 14.1. The molecule has 1 aromatic heterocycles. The molecule has 2 rings (SSSR count). The highest BCUT2D eigenvalue weighted by atomic mass is 16.2. The van der Waals surface area contributed by atoms with Crippen molar-refractivity contribution in [3.05, 3.63) is 18.0 Å². The molecule has 1 aliphatic heterocycles. The molecule has 2 N–H and O–H groups in total. The molecule has 2 heterocycles. The van der Waals surface area contributed by atoms with E-state index in [0.29, 0.717) is 5.69 Å². The fourth-order valence-electron chi connectivity index (χ4n) is 3.12. The largest absolute Gasteiger partial charge is 0.348 e. The van der Waals surface area contributed by atoms with Gasteiger partial charge < -0.3 is 5.32 Å². The monoisotopic (exact) mass is 264 g/mol. The van der Waals surface area contributed by atoms with Crippen LogP contribution in [0.4, 0.5) is 0 Å². The number of amides is 1. The van der Waals surface area contributed by atoms with Crippen LogP contribution in [0.3, 0.4) is 0 Å². The Balaban J connectivity index is 2.08. The van der Waals surface area contributed by atoms with Crippen molar-refractivity contribution in [3.8, 4) is 0 Å². The number of hydrogen-bond donors (Lipinski definition) is 2. The van der Waals surface area contributed by atoms with Crippen molar-refractivity contribution < 1.29 is 4.79 Å². The minimum Gasteiger partial charge on any atom is -0.348 e. The number of carbonyl (C=O) groups is 1. The summed E-state index contributed by atoms with van der Waals surface area (Å²) in [5, 5.41) is 9.63. The molecular formula is C14H24N4O. The lowest BCUT2D eigenvalue weighted by molar-refractivity contribution is -0.0169. The van der Waals surface area contributed by atoms with Gasteiger partial charge in [0.15, 0.2) is 0 Å². The zero-order valence-electron chi connectivity index (χ0n) is 12.4. The van der Waals surface area contributed by atoms with E-state index in [9.17, 15) is 4.79 Å². The number of nitrogens with zero attached hydrogens (tertiary/aromatic N) is 2. The Labute approximate surface area is 114 Å². The van der Waals surface area contributed by atoms with E-state index in [0.717, 1.165) is 12.8 Å². The summed E-state index contributed by atoms with van der Waals surface area (Å²) >= 11 is 0. The lowest BCUT2D eigenvalue weighted by atomic mass is 9.77. The Morgan fingerprint density at radius 2 is 1.95 bits per heavy atom. The molecule has 0 aliphatic carbocycles. The van der Waals surface area contributed by atoms with Crippen LogP contribution in [0.5, 0.6) is 0 Å². The molecule has 5 heteroatoms. The molecule has 19 heavy (non-hydrogen) atoms. The SMILES string of the molecule is CN1C(C)(C)CC(NC(=O)c2ccn[nH]2)CC1(C)C. The van der Waals surface area contributed by atoms with Gasteiger partial charge in [0.05, 0.1) is 0 Å². The molecule has 5 nitrogen and oxygen atoms in total. The number of aromatic nitrogens is 2. The molecule has 0 atom stereocenters. The molecule has 1 aliphatic rings. The van der Waals surface area contributed by atoms with Gasteiger partial charge in [0.1, 0.15) is 5.69 Å². The quantitative estimate of drug-likeness (QED) is 0.856. The standard InChI is InChI=1S/C14H24N4O/c1-13(2)8-10(9-14(3,4)18(13)5)16-12(19)11-6-7-15-17-11/h6-7,10H,8-9H2,1-5H3,(H,15,17)(H,16,19). The zero-order valence-corrected chi connectivity index (χ0v) is 12.4. The third-order valence-electron chi connectivity index (χ3n) is 4.39. The molecule has 1 saturated heterocycles. The van der Waals surface area contributed by atoms with Gasteiger partial charge in [-0.1, -0.05) is 0 Å². The lowest BCUT2D eigenvalue weighted by Crippen LogP contribution is -2.62. The maximum absolute atomic E-state index is 12.1. The van der Waals surface area contributed by atoms with Crippen LogP contribution in [0.2, 0.25) is 0 Å². The third kappa shape index (κ3) is 2.81. The molecule has 0 unspecified atom stereocenters. The van der Waals surface area contributed by atoms with Crippen LogP contribution in [0.15, 0.2) is 12.3 Å². The molecule has 0 radical (unpaired) electrons. The topological polar surface area (TPSA) is 61.0 Å². The van der Waals surface area contributed by atoms with Gasteiger partial charge in [-0.3, -0.25) is 14.8 Å². The molecule has 0 spiro atoms. The number of piperidine rings is 1. The average Bonchev–Trinajstić information content (AvgIpc) is 2.78. The number of H-pyrrole nitrogens is 1. The number of nitrogens with one attached hydrogen (secondary N) is 2.